The van der Waals surface area contributed by atoms with Gasteiger partial charge in [-0.05, 0) is 53.6 Å². The number of benzene rings is 2. The lowest BCUT2D eigenvalue weighted by Crippen LogP contribution is -2.48. The Morgan fingerprint density at radius 2 is 1.66 bits per heavy atom. The van der Waals surface area contributed by atoms with Crippen molar-refractivity contribution in [1.82, 2.24) is 0 Å². The predicted octanol–water partition coefficient (Wildman–Crippen LogP) is 4.68. The lowest BCUT2D eigenvalue weighted by Gasteiger charge is -2.35. The van der Waals surface area contributed by atoms with Crippen LogP contribution in [0.5, 0.6) is 11.5 Å². The van der Waals surface area contributed by atoms with Crippen LogP contribution in [-0.4, -0.2) is 36.8 Å². The Bertz CT molecular complexity index is 1210. The zero-order valence-corrected chi connectivity index (χ0v) is 19.3. The molecule has 4 atom stereocenters. The molecule has 1 aliphatic rings. The van der Waals surface area contributed by atoms with Gasteiger partial charge in [-0.1, -0.05) is 30.3 Å². The molecular formula is C27H25NO7. The number of hydrogen-bond donors (Lipinski definition) is 0. The van der Waals surface area contributed by atoms with Crippen molar-refractivity contribution in [2.45, 2.75) is 24.3 Å². The molecule has 35 heavy (non-hydrogen) atoms. The number of nitrogens with zero attached hydrogens (tertiary/aromatic N) is 1. The van der Waals surface area contributed by atoms with Crippen LogP contribution in [-0.2, 0) is 9.59 Å². The number of nitro groups is 1. The van der Waals surface area contributed by atoms with Crippen LogP contribution < -0.4 is 9.47 Å². The molecule has 0 saturated heterocycles. The van der Waals surface area contributed by atoms with Gasteiger partial charge in [0.2, 0.25) is 6.04 Å². The van der Waals surface area contributed by atoms with E-state index in [0.29, 0.717) is 17.1 Å². The molecule has 1 heterocycles. The zero-order chi connectivity index (χ0) is 24.9. The molecule has 0 bridgehead atoms. The van der Waals surface area contributed by atoms with Gasteiger partial charge in [0, 0.05) is 11.3 Å². The topological polar surface area (TPSA) is 109 Å². The first-order valence-electron chi connectivity index (χ1n) is 11.1. The van der Waals surface area contributed by atoms with E-state index < -0.39 is 34.5 Å². The van der Waals surface area contributed by atoms with Gasteiger partial charge in [0.05, 0.1) is 32.3 Å². The van der Waals surface area contributed by atoms with Crippen molar-refractivity contribution in [1.29, 1.82) is 0 Å². The SMILES string of the molecule is COc1ccc(/C=C/C(=O)C2C(=O)CC(c3ccc(OC)cc3)C([N+](=O)[O-])C2c2ccco2)cc1. The van der Waals surface area contributed by atoms with Crippen molar-refractivity contribution in [3.63, 3.8) is 0 Å². The minimum atomic E-state index is -1.23. The van der Waals surface area contributed by atoms with Crippen LogP contribution in [0.1, 0.15) is 35.1 Å². The molecule has 180 valence electrons. The third-order valence-electron chi connectivity index (χ3n) is 6.43. The van der Waals surface area contributed by atoms with Gasteiger partial charge >= 0.3 is 0 Å². The van der Waals surface area contributed by atoms with Gasteiger partial charge in [0.15, 0.2) is 5.78 Å². The van der Waals surface area contributed by atoms with Crippen LogP contribution in [0.4, 0.5) is 0 Å². The molecule has 0 amide bonds. The monoisotopic (exact) mass is 475 g/mol. The highest BCUT2D eigenvalue weighted by Crippen LogP contribution is 2.45. The van der Waals surface area contributed by atoms with E-state index in [2.05, 4.69) is 0 Å². The molecular weight excluding hydrogens is 450 g/mol. The molecule has 0 aliphatic heterocycles. The highest BCUT2D eigenvalue weighted by molar-refractivity contribution is 6.10. The van der Waals surface area contributed by atoms with Gasteiger partial charge in [-0.25, -0.2) is 0 Å². The van der Waals surface area contributed by atoms with E-state index in [1.807, 2.05) is 0 Å². The molecule has 0 N–H and O–H groups in total. The number of carbonyl (C=O) groups is 2. The summed E-state index contributed by atoms with van der Waals surface area (Å²) in [6.07, 6.45) is 4.17. The smallest absolute Gasteiger partial charge is 0.231 e. The maximum atomic E-state index is 13.4. The number of furan rings is 1. The number of ether oxygens (including phenoxy) is 2. The Kier molecular flexibility index (Phi) is 7.10. The second kappa shape index (κ2) is 10.4. The molecule has 1 fully saturated rings. The molecule has 4 rings (SSSR count). The van der Waals surface area contributed by atoms with E-state index in [0.717, 1.165) is 5.56 Å². The first-order valence-corrected chi connectivity index (χ1v) is 11.1. The minimum Gasteiger partial charge on any atom is -0.497 e. The molecule has 4 unspecified atom stereocenters. The molecule has 3 aromatic rings. The van der Waals surface area contributed by atoms with Crippen LogP contribution >= 0.6 is 0 Å². The van der Waals surface area contributed by atoms with Gasteiger partial charge < -0.3 is 13.9 Å². The number of carbonyl (C=O) groups excluding carboxylic acids is 2. The summed E-state index contributed by atoms with van der Waals surface area (Å²) in [5.74, 6) is -2.30. The molecule has 1 saturated carbocycles. The lowest BCUT2D eigenvalue weighted by molar-refractivity contribution is -0.533. The van der Waals surface area contributed by atoms with E-state index in [-0.39, 0.29) is 18.0 Å². The minimum absolute atomic E-state index is 0.123. The van der Waals surface area contributed by atoms with Crippen LogP contribution in [0.25, 0.3) is 6.08 Å². The van der Waals surface area contributed by atoms with Gasteiger partial charge in [0.25, 0.3) is 0 Å². The summed E-state index contributed by atoms with van der Waals surface area (Å²) in [5, 5.41) is 12.4. The number of methoxy groups -OCH3 is 2. The van der Waals surface area contributed by atoms with Crippen molar-refractivity contribution in [2.75, 3.05) is 14.2 Å². The van der Waals surface area contributed by atoms with E-state index >= 15 is 0 Å². The maximum absolute atomic E-state index is 13.4. The normalized spacial score (nSPS) is 22.2. The average molecular weight is 475 g/mol. The number of hydrogen-bond acceptors (Lipinski definition) is 7. The Morgan fingerprint density at radius 3 is 2.20 bits per heavy atom. The first-order chi connectivity index (χ1) is 16.9. The second-order valence-corrected chi connectivity index (χ2v) is 8.35. The van der Waals surface area contributed by atoms with Crippen molar-refractivity contribution >= 4 is 17.6 Å². The number of Topliss-reactive ketones (excluding diaryl/α,β-unsaturated/α-hetero) is 1. The van der Waals surface area contributed by atoms with Gasteiger partial charge in [-0.15, -0.1) is 0 Å². The maximum Gasteiger partial charge on any atom is 0.231 e. The zero-order valence-electron chi connectivity index (χ0n) is 19.3. The van der Waals surface area contributed by atoms with Crippen LogP contribution in [0.2, 0.25) is 0 Å². The number of allylic oxidation sites excluding steroid dienone is 1. The van der Waals surface area contributed by atoms with Crippen molar-refractivity contribution in [2.24, 2.45) is 5.92 Å². The Balaban J connectivity index is 1.70. The average Bonchev–Trinajstić information content (AvgIpc) is 3.41. The second-order valence-electron chi connectivity index (χ2n) is 8.35. The lowest BCUT2D eigenvalue weighted by atomic mass is 9.65. The largest absolute Gasteiger partial charge is 0.497 e. The van der Waals surface area contributed by atoms with E-state index in [4.69, 9.17) is 13.9 Å². The summed E-state index contributed by atoms with van der Waals surface area (Å²) < 4.78 is 15.8. The van der Waals surface area contributed by atoms with Gasteiger partial charge in [0.1, 0.15) is 29.0 Å². The first kappa shape index (κ1) is 23.9. The molecule has 8 heteroatoms. The molecule has 0 radical (unpaired) electrons. The summed E-state index contributed by atoms with van der Waals surface area (Å²) in [5.41, 5.74) is 1.37. The van der Waals surface area contributed by atoms with E-state index in [1.54, 1.807) is 73.8 Å². The fourth-order valence-corrected chi connectivity index (χ4v) is 4.70. The Morgan fingerprint density at radius 1 is 1.03 bits per heavy atom. The third kappa shape index (κ3) is 5.01. The van der Waals surface area contributed by atoms with Crippen molar-refractivity contribution in [3.05, 3.63) is 100 Å². The van der Waals surface area contributed by atoms with Gasteiger partial charge in [-0.2, -0.15) is 0 Å². The molecule has 1 aliphatic carbocycles. The molecule has 2 aromatic carbocycles. The van der Waals surface area contributed by atoms with Crippen LogP contribution in [0.3, 0.4) is 0 Å². The quantitative estimate of drug-likeness (QED) is 0.201. The molecule has 1 aromatic heterocycles. The third-order valence-corrected chi connectivity index (χ3v) is 6.43. The van der Waals surface area contributed by atoms with Crippen LogP contribution in [0, 0.1) is 16.0 Å². The fraction of sp³-hybridized carbons (Fsp3) is 0.259. The number of rotatable bonds is 8. The molecule has 0 spiro atoms. The van der Waals surface area contributed by atoms with Gasteiger partial charge in [-0.3, -0.25) is 19.7 Å². The van der Waals surface area contributed by atoms with Crippen molar-refractivity contribution in [3.8, 4) is 11.5 Å². The fourth-order valence-electron chi connectivity index (χ4n) is 4.70. The number of ketones is 2. The summed E-state index contributed by atoms with van der Waals surface area (Å²) in [6.45, 7) is 0. The summed E-state index contributed by atoms with van der Waals surface area (Å²) in [4.78, 5) is 38.6. The summed E-state index contributed by atoms with van der Waals surface area (Å²) in [6, 6.07) is 15.9. The summed E-state index contributed by atoms with van der Waals surface area (Å²) >= 11 is 0. The van der Waals surface area contributed by atoms with E-state index in [9.17, 15) is 19.7 Å². The van der Waals surface area contributed by atoms with E-state index in [1.165, 1.54) is 19.4 Å². The summed E-state index contributed by atoms with van der Waals surface area (Å²) in [7, 11) is 3.09. The molecule has 8 nitrogen and oxygen atoms in total. The highest BCUT2D eigenvalue weighted by Gasteiger charge is 2.55. The predicted molar refractivity (Wildman–Crippen MR) is 128 cm³/mol. The Labute approximate surface area is 202 Å². The Hall–Kier alpha value is -4.20. The standard InChI is InChI=1S/C27H25NO7/c1-33-19-10-5-17(6-11-19)7-14-22(29)25-23(30)16-21(18-8-12-20(34-2)13-9-18)27(28(31)32)26(25)24-4-3-15-35-24/h3-15,21,25-27H,16H2,1-2H3/b14-7+. The highest BCUT2D eigenvalue weighted by atomic mass is 16.6. The van der Waals surface area contributed by atoms with Crippen LogP contribution in [0.15, 0.2) is 77.4 Å². The van der Waals surface area contributed by atoms with Crippen molar-refractivity contribution < 1.29 is 28.4 Å².